The van der Waals surface area contributed by atoms with Crippen LogP contribution < -0.4 is 4.72 Å². The summed E-state index contributed by atoms with van der Waals surface area (Å²) in [4.78, 5) is 18.1. The molecule has 3 aromatic heterocycles. The first-order valence-electron chi connectivity index (χ1n) is 8.48. The fraction of sp³-hybridized carbons (Fsp3) is 0.375. The second-order valence-electron chi connectivity index (χ2n) is 6.42. The standard InChI is InChI=1S/C16H19N7O3S/c1-27(24,25)22-13-9-11(4-5-17-13)15-20-16(26-21-15)12-3-2-8-23(12)10-14-18-6-7-19-14/h4-7,9,12H,2-3,8,10H2,1H3,(H,17,22)(H,18,19). The van der Waals surface area contributed by atoms with E-state index in [1.165, 1.54) is 6.20 Å². The molecule has 0 aliphatic carbocycles. The molecule has 11 heteroatoms. The van der Waals surface area contributed by atoms with E-state index in [9.17, 15) is 8.42 Å². The second-order valence-corrected chi connectivity index (χ2v) is 8.17. The Morgan fingerprint density at radius 3 is 3.04 bits per heavy atom. The number of hydrogen-bond acceptors (Lipinski definition) is 8. The third-order valence-electron chi connectivity index (χ3n) is 4.31. The summed E-state index contributed by atoms with van der Waals surface area (Å²) in [5, 5.41) is 4.06. The molecule has 10 nitrogen and oxygen atoms in total. The number of nitrogens with zero attached hydrogens (tertiary/aromatic N) is 5. The van der Waals surface area contributed by atoms with Crippen LogP contribution in [0.3, 0.4) is 0 Å². The number of aromatic amines is 1. The minimum Gasteiger partial charge on any atom is -0.348 e. The van der Waals surface area contributed by atoms with Gasteiger partial charge in [-0.15, -0.1) is 0 Å². The van der Waals surface area contributed by atoms with Crippen molar-refractivity contribution in [2.45, 2.75) is 25.4 Å². The van der Waals surface area contributed by atoms with Gasteiger partial charge in [-0.2, -0.15) is 4.98 Å². The van der Waals surface area contributed by atoms with Gasteiger partial charge >= 0.3 is 0 Å². The van der Waals surface area contributed by atoms with Gasteiger partial charge in [-0.05, 0) is 31.5 Å². The number of rotatable bonds is 6. The number of anilines is 1. The molecule has 0 spiro atoms. The Bertz CT molecular complexity index is 1020. The number of imidazole rings is 1. The van der Waals surface area contributed by atoms with Crippen LogP contribution in [-0.4, -0.2) is 51.2 Å². The summed E-state index contributed by atoms with van der Waals surface area (Å²) in [6.07, 6.45) is 8.08. The average molecular weight is 389 g/mol. The van der Waals surface area contributed by atoms with E-state index in [2.05, 4.69) is 34.7 Å². The van der Waals surface area contributed by atoms with E-state index < -0.39 is 10.0 Å². The van der Waals surface area contributed by atoms with Gasteiger partial charge in [0.2, 0.25) is 21.7 Å². The van der Waals surface area contributed by atoms with Gasteiger partial charge in [0.25, 0.3) is 0 Å². The van der Waals surface area contributed by atoms with Crippen LogP contribution in [0.4, 0.5) is 5.82 Å². The van der Waals surface area contributed by atoms with Crippen molar-refractivity contribution < 1.29 is 12.9 Å². The molecular formula is C16H19N7O3S. The van der Waals surface area contributed by atoms with Crippen molar-refractivity contribution in [2.24, 2.45) is 0 Å². The first-order chi connectivity index (χ1) is 13.0. The molecule has 1 aliphatic rings. The lowest BCUT2D eigenvalue weighted by Crippen LogP contribution is -2.23. The molecular weight excluding hydrogens is 370 g/mol. The van der Waals surface area contributed by atoms with Crippen LogP contribution in [0.1, 0.15) is 30.6 Å². The SMILES string of the molecule is CS(=O)(=O)Nc1cc(-c2noc(C3CCCN3Cc3ncc[nH]3)n2)ccn1. The number of pyridine rings is 1. The number of sulfonamides is 1. The Kier molecular flexibility index (Phi) is 4.62. The molecule has 0 bridgehead atoms. The molecule has 0 aromatic carbocycles. The molecule has 1 atom stereocenters. The number of likely N-dealkylation sites (tertiary alicyclic amines) is 1. The third kappa shape index (κ3) is 4.14. The Balaban J connectivity index is 1.54. The Hall–Kier alpha value is -2.79. The van der Waals surface area contributed by atoms with E-state index in [1.54, 1.807) is 24.5 Å². The maximum absolute atomic E-state index is 11.4. The molecule has 0 radical (unpaired) electrons. The van der Waals surface area contributed by atoms with E-state index in [0.29, 0.717) is 23.8 Å². The summed E-state index contributed by atoms with van der Waals surface area (Å²) in [6, 6.07) is 3.31. The first kappa shape index (κ1) is 17.6. The van der Waals surface area contributed by atoms with Gasteiger partial charge in [0.05, 0.1) is 18.8 Å². The maximum Gasteiger partial charge on any atom is 0.244 e. The van der Waals surface area contributed by atoms with Crippen LogP contribution in [0.15, 0.2) is 35.2 Å². The quantitative estimate of drug-likeness (QED) is 0.650. The van der Waals surface area contributed by atoms with Crippen LogP contribution in [0.5, 0.6) is 0 Å². The van der Waals surface area contributed by atoms with Crippen molar-refractivity contribution in [1.82, 2.24) is 30.0 Å². The Morgan fingerprint density at radius 1 is 1.37 bits per heavy atom. The van der Waals surface area contributed by atoms with Crippen LogP contribution in [0, 0.1) is 0 Å². The van der Waals surface area contributed by atoms with Gasteiger partial charge in [-0.25, -0.2) is 18.4 Å². The fourth-order valence-electron chi connectivity index (χ4n) is 3.18. The highest BCUT2D eigenvalue weighted by molar-refractivity contribution is 7.92. The molecule has 3 aromatic rings. The van der Waals surface area contributed by atoms with E-state index in [0.717, 1.165) is 31.5 Å². The first-order valence-corrected chi connectivity index (χ1v) is 10.4. The topological polar surface area (TPSA) is 130 Å². The molecule has 4 heterocycles. The summed E-state index contributed by atoms with van der Waals surface area (Å²) in [7, 11) is -3.41. The molecule has 1 aliphatic heterocycles. The largest absolute Gasteiger partial charge is 0.348 e. The van der Waals surface area contributed by atoms with E-state index in [1.807, 2.05) is 0 Å². The van der Waals surface area contributed by atoms with E-state index in [-0.39, 0.29) is 11.9 Å². The van der Waals surface area contributed by atoms with Crippen LogP contribution in [0.25, 0.3) is 11.4 Å². The lowest BCUT2D eigenvalue weighted by molar-refractivity contribution is 0.197. The highest BCUT2D eigenvalue weighted by Crippen LogP contribution is 2.33. The number of nitrogens with one attached hydrogen (secondary N) is 2. The lowest BCUT2D eigenvalue weighted by Gasteiger charge is -2.19. The van der Waals surface area contributed by atoms with Crippen molar-refractivity contribution in [1.29, 1.82) is 0 Å². The van der Waals surface area contributed by atoms with Gasteiger partial charge in [-0.3, -0.25) is 9.62 Å². The normalized spacial score (nSPS) is 18.0. The van der Waals surface area contributed by atoms with Crippen molar-refractivity contribution in [3.8, 4) is 11.4 Å². The number of hydrogen-bond donors (Lipinski definition) is 2. The number of aromatic nitrogens is 5. The molecule has 1 saturated heterocycles. The van der Waals surface area contributed by atoms with E-state index >= 15 is 0 Å². The predicted molar refractivity (Wildman–Crippen MR) is 97.0 cm³/mol. The minimum atomic E-state index is -3.41. The molecule has 1 unspecified atom stereocenters. The van der Waals surface area contributed by atoms with Gasteiger partial charge in [-0.1, -0.05) is 5.16 Å². The summed E-state index contributed by atoms with van der Waals surface area (Å²) in [5.74, 6) is 2.05. The summed E-state index contributed by atoms with van der Waals surface area (Å²) in [6.45, 7) is 1.62. The van der Waals surface area contributed by atoms with Crippen LogP contribution in [-0.2, 0) is 16.6 Å². The van der Waals surface area contributed by atoms with Gasteiger partial charge in [0.1, 0.15) is 11.6 Å². The number of H-pyrrole nitrogens is 1. The smallest absolute Gasteiger partial charge is 0.244 e. The van der Waals surface area contributed by atoms with E-state index in [4.69, 9.17) is 4.52 Å². The molecule has 1 fully saturated rings. The molecule has 142 valence electrons. The van der Waals surface area contributed by atoms with Crippen molar-refractivity contribution in [3.63, 3.8) is 0 Å². The molecule has 2 N–H and O–H groups in total. The zero-order chi connectivity index (χ0) is 18.9. The Labute approximate surface area is 156 Å². The van der Waals surface area contributed by atoms with Crippen molar-refractivity contribution in [2.75, 3.05) is 17.5 Å². The summed E-state index contributed by atoms with van der Waals surface area (Å²) < 4.78 is 30.6. The second kappa shape index (κ2) is 7.08. The van der Waals surface area contributed by atoms with Gasteiger partial charge < -0.3 is 9.51 Å². The third-order valence-corrected chi connectivity index (χ3v) is 4.89. The van der Waals surface area contributed by atoms with Crippen LogP contribution >= 0.6 is 0 Å². The highest BCUT2D eigenvalue weighted by atomic mass is 32.2. The zero-order valence-corrected chi connectivity index (χ0v) is 15.5. The summed E-state index contributed by atoms with van der Waals surface area (Å²) >= 11 is 0. The van der Waals surface area contributed by atoms with Crippen molar-refractivity contribution in [3.05, 3.63) is 42.4 Å². The lowest BCUT2D eigenvalue weighted by atomic mass is 10.2. The Morgan fingerprint density at radius 2 is 2.26 bits per heavy atom. The average Bonchev–Trinajstić information content (AvgIpc) is 3.35. The highest BCUT2D eigenvalue weighted by Gasteiger charge is 2.31. The molecule has 4 rings (SSSR count). The summed E-state index contributed by atoms with van der Waals surface area (Å²) in [5.41, 5.74) is 0.627. The van der Waals surface area contributed by atoms with Crippen LogP contribution in [0.2, 0.25) is 0 Å². The molecule has 27 heavy (non-hydrogen) atoms. The predicted octanol–water partition coefficient (Wildman–Crippen LogP) is 1.56. The van der Waals surface area contributed by atoms with Gasteiger partial charge in [0, 0.05) is 24.2 Å². The molecule has 0 amide bonds. The van der Waals surface area contributed by atoms with Crippen molar-refractivity contribution >= 4 is 15.8 Å². The molecule has 0 saturated carbocycles. The monoisotopic (exact) mass is 389 g/mol. The maximum atomic E-state index is 11.4. The zero-order valence-electron chi connectivity index (χ0n) is 14.7. The van der Waals surface area contributed by atoms with Gasteiger partial charge in [0.15, 0.2) is 0 Å². The minimum absolute atomic E-state index is 0.0341. The fourth-order valence-corrected chi connectivity index (χ4v) is 3.67.